The number of carboxylic acid groups (broad SMARTS) is 1. The normalized spacial score (nSPS) is 19.1. The molecule has 0 bridgehead atoms. The average Bonchev–Trinajstić information content (AvgIpc) is 3.22. The highest BCUT2D eigenvalue weighted by Crippen LogP contribution is 2.39. The highest BCUT2D eigenvalue weighted by Gasteiger charge is 2.38. The van der Waals surface area contributed by atoms with Gasteiger partial charge in [-0.15, -0.1) is 11.3 Å². The largest absolute Gasteiger partial charge is 0.464 e. The summed E-state index contributed by atoms with van der Waals surface area (Å²) >= 11 is 1.20. The third kappa shape index (κ3) is 6.38. The van der Waals surface area contributed by atoms with E-state index in [0.717, 1.165) is 22.1 Å². The van der Waals surface area contributed by atoms with Crippen molar-refractivity contribution in [3.63, 3.8) is 0 Å². The van der Waals surface area contributed by atoms with E-state index < -0.39 is 33.8 Å². The van der Waals surface area contributed by atoms with Crippen molar-refractivity contribution in [2.75, 3.05) is 18.4 Å². The van der Waals surface area contributed by atoms with E-state index in [1.807, 2.05) is 13.0 Å². The van der Waals surface area contributed by atoms with Gasteiger partial charge in [-0.2, -0.15) is 25.9 Å². The molecule has 204 valence electrons. The van der Waals surface area contributed by atoms with Crippen molar-refractivity contribution in [3.8, 4) is 10.4 Å². The second-order valence-electron chi connectivity index (χ2n) is 8.70. The molecule has 1 aliphatic rings. The highest BCUT2D eigenvalue weighted by atomic mass is 32.2. The standard InChI is InChI=1S/C22H23F3N6O5S2/c1-13-9-14(11-15(10-13)28-19-26-6-3-17(29-19)22(23,24)25)16-12-27-18(37-16)21(34)4-2-7-31(8-5-21)38(35,36)30-20(32)33/h3,6,9-12,30,34H,2,4-5,7-8H2,1H3,(H,32,33)(H,26,28,29). The van der Waals surface area contributed by atoms with Gasteiger partial charge in [0.1, 0.15) is 16.3 Å². The summed E-state index contributed by atoms with van der Waals surface area (Å²) < 4.78 is 65.9. The summed E-state index contributed by atoms with van der Waals surface area (Å²) in [6.07, 6.45) is -3.23. The lowest BCUT2D eigenvalue weighted by atomic mass is 9.96. The SMILES string of the molecule is Cc1cc(Nc2nccc(C(F)(F)F)n2)cc(-c2cnc(C3(O)CCCN(S(=O)(=O)NC(=O)O)CC3)s2)c1. The van der Waals surface area contributed by atoms with E-state index in [1.165, 1.54) is 16.1 Å². The molecule has 1 amide bonds. The van der Waals surface area contributed by atoms with Crippen LogP contribution in [0, 0.1) is 6.92 Å². The maximum absolute atomic E-state index is 13.0. The Balaban J connectivity index is 1.54. The van der Waals surface area contributed by atoms with Crippen LogP contribution in [0.1, 0.15) is 35.5 Å². The fraction of sp³-hybridized carbons (Fsp3) is 0.364. The van der Waals surface area contributed by atoms with Gasteiger partial charge in [0.05, 0.1) is 4.88 Å². The van der Waals surface area contributed by atoms with Crippen molar-refractivity contribution < 1.29 is 36.6 Å². The molecule has 3 aromatic rings. The van der Waals surface area contributed by atoms with Crippen LogP contribution in [0.3, 0.4) is 0 Å². The van der Waals surface area contributed by atoms with Crippen LogP contribution in [0.5, 0.6) is 0 Å². The van der Waals surface area contributed by atoms with Crippen LogP contribution in [-0.4, -0.2) is 57.1 Å². The minimum atomic E-state index is -4.61. The zero-order valence-electron chi connectivity index (χ0n) is 19.9. The zero-order valence-corrected chi connectivity index (χ0v) is 21.5. The van der Waals surface area contributed by atoms with Crippen molar-refractivity contribution >= 4 is 39.3 Å². The Hall–Kier alpha value is -3.34. The third-order valence-electron chi connectivity index (χ3n) is 5.80. The quantitative estimate of drug-likeness (QED) is 0.344. The zero-order chi connectivity index (χ0) is 27.7. The molecular formula is C22H23F3N6O5S2. The van der Waals surface area contributed by atoms with E-state index in [1.54, 1.807) is 18.3 Å². The van der Waals surface area contributed by atoms with Crippen LogP contribution in [0.15, 0.2) is 36.7 Å². The van der Waals surface area contributed by atoms with E-state index in [9.17, 15) is 31.5 Å². The minimum absolute atomic E-state index is 0.00793. The topological polar surface area (TPSA) is 158 Å². The maximum atomic E-state index is 13.0. The Morgan fingerprint density at radius 3 is 2.66 bits per heavy atom. The van der Waals surface area contributed by atoms with E-state index in [0.29, 0.717) is 21.1 Å². The summed E-state index contributed by atoms with van der Waals surface area (Å²) in [7, 11) is -4.25. The second-order valence-corrected chi connectivity index (χ2v) is 11.4. The molecule has 1 aromatic carbocycles. The number of halogens is 3. The van der Waals surface area contributed by atoms with Gasteiger partial charge in [0.2, 0.25) is 5.95 Å². The number of nitrogens with zero attached hydrogens (tertiary/aromatic N) is 4. The van der Waals surface area contributed by atoms with Crippen LogP contribution in [-0.2, 0) is 22.0 Å². The molecule has 1 atom stereocenters. The number of aryl methyl sites for hydroxylation is 1. The number of amides is 1. The summed E-state index contributed by atoms with van der Waals surface area (Å²) in [5, 5.41) is 23.2. The Bertz CT molecular complexity index is 1450. The number of benzene rings is 1. The lowest BCUT2D eigenvalue weighted by Gasteiger charge is -2.24. The van der Waals surface area contributed by atoms with Gasteiger partial charge in [-0.25, -0.2) is 24.5 Å². The molecule has 0 saturated carbocycles. The number of carbonyl (C=O) groups is 1. The van der Waals surface area contributed by atoms with Gasteiger partial charge in [0.25, 0.3) is 0 Å². The number of aromatic nitrogens is 3. The summed E-state index contributed by atoms with van der Waals surface area (Å²) in [5.74, 6) is -0.217. The maximum Gasteiger partial charge on any atom is 0.433 e. The summed E-state index contributed by atoms with van der Waals surface area (Å²) in [6.45, 7) is 1.74. The smallest absolute Gasteiger partial charge is 0.433 e. The van der Waals surface area contributed by atoms with E-state index in [2.05, 4.69) is 20.3 Å². The fourth-order valence-electron chi connectivity index (χ4n) is 4.05. The predicted octanol–water partition coefficient (Wildman–Crippen LogP) is 3.86. The number of rotatable bonds is 6. The molecule has 11 nitrogen and oxygen atoms in total. The second kappa shape index (κ2) is 10.4. The first-order valence-corrected chi connectivity index (χ1v) is 13.5. The van der Waals surface area contributed by atoms with Crippen molar-refractivity contribution in [1.29, 1.82) is 0 Å². The van der Waals surface area contributed by atoms with Crippen molar-refractivity contribution in [2.45, 2.75) is 38.0 Å². The van der Waals surface area contributed by atoms with E-state index in [-0.39, 0.29) is 38.3 Å². The number of aliphatic hydroxyl groups is 1. The van der Waals surface area contributed by atoms with Crippen LogP contribution < -0.4 is 10.0 Å². The number of anilines is 2. The molecule has 2 aromatic heterocycles. The summed E-state index contributed by atoms with van der Waals surface area (Å²) in [4.78, 5) is 23.2. The van der Waals surface area contributed by atoms with Gasteiger partial charge in [-0.3, -0.25) is 0 Å². The van der Waals surface area contributed by atoms with Gasteiger partial charge in [0.15, 0.2) is 0 Å². The number of nitrogens with one attached hydrogen (secondary N) is 2. The first-order chi connectivity index (χ1) is 17.7. The number of hydrogen-bond acceptors (Lipinski definition) is 9. The molecular weight excluding hydrogens is 549 g/mol. The van der Waals surface area contributed by atoms with E-state index in [4.69, 9.17) is 5.11 Å². The third-order valence-corrected chi connectivity index (χ3v) is 8.51. The summed E-state index contributed by atoms with van der Waals surface area (Å²) in [6, 6.07) is 6.03. The molecule has 16 heteroatoms. The molecule has 1 unspecified atom stereocenters. The lowest BCUT2D eigenvalue weighted by molar-refractivity contribution is -0.141. The highest BCUT2D eigenvalue weighted by molar-refractivity contribution is 7.87. The molecule has 0 aliphatic carbocycles. The Labute approximate surface area is 219 Å². The summed E-state index contributed by atoms with van der Waals surface area (Å²) in [5.41, 5.74) is -0.555. The fourth-order valence-corrected chi connectivity index (χ4v) is 6.15. The van der Waals surface area contributed by atoms with Gasteiger partial charge < -0.3 is 15.5 Å². The van der Waals surface area contributed by atoms with Crippen LogP contribution in [0.2, 0.25) is 0 Å². The van der Waals surface area contributed by atoms with Gasteiger partial charge in [0, 0.05) is 31.2 Å². The molecule has 4 rings (SSSR count). The van der Waals surface area contributed by atoms with Crippen LogP contribution >= 0.6 is 11.3 Å². The molecule has 4 N–H and O–H groups in total. The molecule has 1 saturated heterocycles. The average molecular weight is 573 g/mol. The van der Waals surface area contributed by atoms with Gasteiger partial charge >= 0.3 is 22.5 Å². The van der Waals surface area contributed by atoms with Crippen molar-refractivity contribution in [1.82, 2.24) is 24.0 Å². The molecule has 1 fully saturated rings. The predicted molar refractivity (Wildman–Crippen MR) is 132 cm³/mol. The first kappa shape index (κ1) is 27.7. The lowest BCUT2D eigenvalue weighted by Crippen LogP contribution is -2.43. The Morgan fingerprint density at radius 1 is 1.18 bits per heavy atom. The first-order valence-electron chi connectivity index (χ1n) is 11.2. The van der Waals surface area contributed by atoms with Gasteiger partial charge in [-0.05, 0) is 55.5 Å². The van der Waals surface area contributed by atoms with Crippen molar-refractivity contribution in [2.24, 2.45) is 0 Å². The minimum Gasteiger partial charge on any atom is -0.464 e. The number of alkyl halides is 3. The molecule has 3 heterocycles. The monoisotopic (exact) mass is 572 g/mol. The Morgan fingerprint density at radius 2 is 1.95 bits per heavy atom. The molecule has 38 heavy (non-hydrogen) atoms. The molecule has 0 radical (unpaired) electrons. The van der Waals surface area contributed by atoms with Crippen LogP contribution in [0.25, 0.3) is 10.4 Å². The Kier molecular flexibility index (Phi) is 7.60. The van der Waals surface area contributed by atoms with Crippen molar-refractivity contribution in [3.05, 3.63) is 52.9 Å². The molecule has 1 aliphatic heterocycles. The number of hydrogen-bond donors (Lipinski definition) is 4. The van der Waals surface area contributed by atoms with Gasteiger partial charge in [-0.1, -0.05) is 6.07 Å². The number of thiazole rings is 1. The molecule has 0 spiro atoms. The van der Waals surface area contributed by atoms with E-state index >= 15 is 0 Å². The van der Waals surface area contributed by atoms with Crippen LogP contribution in [0.4, 0.5) is 29.6 Å².